The van der Waals surface area contributed by atoms with Crippen LogP contribution in [0, 0.1) is 22.9 Å². The number of anilines is 2. The molecule has 0 aliphatic heterocycles. The predicted molar refractivity (Wildman–Crippen MR) is 72.5 cm³/mol. The van der Waals surface area contributed by atoms with Gasteiger partial charge < -0.3 is 5.32 Å². The van der Waals surface area contributed by atoms with Crippen molar-refractivity contribution in [2.24, 2.45) is 0 Å². The number of benzene rings is 2. The number of hydrogen-bond acceptors (Lipinski definition) is 3. The third-order valence-corrected chi connectivity index (χ3v) is 2.89. The summed E-state index contributed by atoms with van der Waals surface area (Å²) in [6.07, 6.45) is 0. The standard InChI is InChI=1S/C13H10ClFN2O2/c1-8-5-6-9(14)12(7-8)16-11-4-2-3-10(15)13(11)17(18)19/h2-7,16H,1H3. The average molecular weight is 281 g/mol. The molecule has 0 bridgehead atoms. The van der Waals surface area contributed by atoms with Crippen molar-refractivity contribution in [2.75, 3.05) is 5.32 Å². The Kier molecular flexibility index (Phi) is 3.66. The van der Waals surface area contributed by atoms with Crippen LogP contribution in [0.2, 0.25) is 5.02 Å². The Labute approximate surface area is 114 Å². The third-order valence-electron chi connectivity index (χ3n) is 2.56. The molecule has 0 atom stereocenters. The number of nitro groups is 1. The molecule has 0 aliphatic rings. The van der Waals surface area contributed by atoms with Crippen molar-refractivity contribution in [3.8, 4) is 0 Å². The van der Waals surface area contributed by atoms with Crippen LogP contribution < -0.4 is 5.32 Å². The quantitative estimate of drug-likeness (QED) is 0.668. The number of nitrogens with zero attached hydrogens (tertiary/aromatic N) is 1. The smallest absolute Gasteiger partial charge is 0.327 e. The Morgan fingerprint density at radius 2 is 2.00 bits per heavy atom. The van der Waals surface area contributed by atoms with Gasteiger partial charge in [-0.2, -0.15) is 4.39 Å². The summed E-state index contributed by atoms with van der Waals surface area (Å²) in [5, 5.41) is 14.1. The second kappa shape index (κ2) is 5.24. The maximum Gasteiger partial charge on any atom is 0.327 e. The summed E-state index contributed by atoms with van der Waals surface area (Å²) in [6.45, 7) is 1.86. The second-order valence-corrected chi connectivity index (χ2v) is 4.41. The normalized spacial score (nSPS) is 10.3. The lowest BCUT2D eigenvalue weighted by Crippen LogP contribution is -2.00. The minimum Gasteiger partial charge on any atom is -0.349 e. The van der Waals surface area contributed by atoms with Crippen molar-refractivity contribution >= 4 is 28.7 Å². The average Bonchev–Trinajstić information content (AvgIpc) is 2.33. The Hall–Kier alpha value is -2.14. The maximum atomic E-state index is 13.5. The van der Waals surface area contributed by atoms with Crippen LogP contribution in [-0.4, -0.2) is 4.92 Å². The van der Waals surface area contributed by atoms with E-state index in [2.05, 4.69) is 5.32 Å². The molecule has 0 aromatic heterocycles. The monoisotopic (exact) mass is 280 g/mol. The first-order valence-electron chi connectivity index (χ1n) is 5.45. The summed E-state index contributed by atoms with van der Waals surface area (Å²) >= 11 is 5.99. The number of hydrogen-bond donors (Lipinski definition) is 1. The summed E-state index contributed by atoms with van der Waals surface area (Å²) in [6, 6.07) is 9.09. The summed E-state index contributed by atoms with van der Waals surface area (Å²) < 4.78 is 13.5. The SMILES string of the molecule is Cc1ccc(Cl)c(Nc2cccc(F)c2[N+](=O)[O-])c1. The van der Waals surface area contributed by atoms with Gasteiger partial charge in [0.1, 0.15) is 5.69 Å². The highest BCUT2D eigenvalue weighted by atomic mass is 35.5. The number of halogens is 2. The van der Waals surface area contributed by atoms with Crippen molar-refractivity contribution < 1.29 is 9.31 Å². The molecular weight excluding hydrogens is 271 g/mol. The van der Waals surface area contributed by atoms with Crippen LogP contribution in [0.4, 0.5) is 21.5 Å². The molecule has 0 spiro atoms. The van der Waals surface area contributed by atoms with Crippen molar-refractivity contribution in [2.45, 2.75) is 6.92 Å². The zero-order chi connectivity index (χ0) is 14.0. The van der Waals surface area contributed by atoms with Gasteiger partial charge in [-0.1, -0.05) is 23.7 Å². The first-order valence-corrected chi connectivity index (χ1v) is 5.83. The fourth-order valence-corrected chi connectivity index (χ4v) is 1.85. The molecular formula is C13H10ClFN2O2. The summed E-state index contributed by atoms with van der Waals surface area (Å²) in [7, 11) is 0. The molecule has 0 saturated heterocycles. The summed E-state index contributed by atoms with van der Waals surface area (Å²) in [4.78, 5) is 10.1. The fourth-order valence-electron chi connectivity index (χ4n) is 1.68. The summed E-state index contributed by atoms with van der Waals surface area (Å²) in [5.74, 6) is -0.890. The van der Waals surface area contributed by atoms with E-state index in [1.807, 2.05) is 13.0 Å². The van der Waals surface area contributed by atoms with Crippen LogP contribution in [0.5, 0.6) is 0 Å². The van der Waals surface area contributed by atoms with Crippen molar-refractivity contribution in [1.29, 1.82) is 0 Å². The van der Waals surface area contributed by atoms with E-state index in [4.69, 9.17) is 11.6 Å². The zero-order valence-corrected chi connectivity index (χ0v) is 10.7. The lowest BCUT2D eigenvalue weighted by Gasteiger charge is -2.10. The number of nitrogens with one attached hydrogen (secondary N) is 1. The van der Waals surface area contributed by atoms with E-state index in [0.29, 0.717) is 10.7 Å². The molecule has 0 heterocycles. The first-order chi connectivity index (χ1) is 8.99. The zero-order valence-electron chi connectivity index (χ0n) is 9.98. The molecule has 6 heteroatoms. The van der Waals surface area contributed by atoms with Gasteiger partial charge in [-0.15, -0.1) is 0 Å². The molecule has 0 fully saturated rings. The highest BCUT2D eigenvalue weighted by Gasteiger charge is 2.20. The Bertz CT molecular complexity index is 647. The van der Waals surface area contributed by atoms with Gasteiger partial charge >= 0.3 is 5.69 Å². The third kappa shape index (κ3) is 2.82. The van der Waals surface area contributed by atoms with Crippen molar-refractivity contribution in [3.63, 3.8) is 0 Å². The number of nitro benzene ring substituents is 1. The van der Waals surface area contributed by atoms with E-state index in [1.54, 1.807) is 12.1 Å². The van der Waals surface area contributed by atoms with Gasteiger partial charge in [0.2, 0.25) is 5.82 Å². The molecule has 0 radical (unpaired) electrons. The van der Waals surface area contributed by atoms with Gasteiger partial charge in [-0.05, 0) is 36.8 Å². The molecule has 2 aromatic carbocycles. The van der Waals surface area contributed by atoms with Crippen LogP contribution in [0.1, 0.15) is 5.56 Å². The van der Waals surface area contributed by atoms with Gasteiger partial charge in [0.15, 0.2) is 0 Å². The number of para-hydroxylation sites is 1. The van der Waals surface area contributed by atoms with Crippen LogP contribution >= 0.6 is 11.6 Å². The van der Waals surface area contributed by atoms with Gasteiger partial charge in [0.05, 0.1) is 15.6 Å². The van der Waals surface area contributed by atoms with E-state index in [1.165, 1.54) is 12.1 Å². The van der Waals surface area contributed by atoms with E-state index < -0.39 is 16.4 Å². The number of aryl methyl sites for hydroxylation is 1. The van der Waals surface area contributed by atoms with Crippen LogP contribution in [0.3, 0.4) is 0 Å². The first kappa shape index (κ1) is 13.3. The highest BCUT2D eigenvalue weighted by Crippen LogP contribution is 2.33. The van der Waals surface area contributed by atoms with Crippen molar-refractivity contribution in [3.05, 3.63) is 62.9 Å². The molecule has 4 nitrogen and oxygen atoms in total. The van der Waals surface area contributed by atoms with Gasteiger partial charge in [-0.25, -0.2) is 0 Å². The lowest BCUT2D eigenvalue weighted by atomic mass is 10.2. The fraction of sp³-hybridized carbons (Fsp3) is 0.0769. The van der Waals surface area contributed by atoms with E-state index in [0.717, 1.165) is 11.6 Å². The molecule has 0 aliphatic carbocycles. The van der Waals surface area contributed by atoms with Crippen LogP contribution in [-0.2, 0) is 0 Å². The Morgan fingerprint density at radius 3 is 2.68 bits per heavy atom. The molecule has 1 N–H and O–H groups in total. The topological polar surface area (TPSA) is 55.2 Å². The minimum atomic E-state index is -0.890. The van der Waals surface area contributed by atoms with Gasteiger partial charge in [0, 0.05) is 0 Å². The van der Waals surface area contributed by atoms with Crippen LogP contribution in [0.25, 0.3) is 0 Å². The second-order valence-electron chi connectivity index (χ2n) is 4.00. The Morgan fingerprint density at radius 1 is 1.26 bits per heavy atom. The molecule has 2 aromatic rings. The summed E-state index contributed by atoms with van der Waals surface area (Å²) in [5.41, 5.74) is 0.902. The van der Waals surface area contributed by atoms with E-state index in [-0.39, 0.29) is 5.69 Å². The maximum absolute atomic E-state index is 13.5. The molecule has 0 saturated carbocycles. The molecule has 0 amide bonds. The molecule has 98 valence electrons. The van der Waals surface area contributed by atoms with Crippen molar-refractivity contribution in [1.82, 2.24) is 0 Å². The predicted octanol–water partition coefficient (Wildman–Crippen LogP) is 4.44. The minimum absolute atomic E-state index is 0.0671. The lowest BCUT2D eigenvalue weighted by molar-refractivity contribution is -0.386. The molecule has 2 rings (SSSR count). The molecule has 0 unspecified atom stereocenters. The number of rotatable bonds is 3. The largest absolute Gasteiger partial charge is 0.349 e. The van der Waals surface area contributed by atoms with Gasteiger partial charge in [0.25, 0.3) is 0 Å². The van der Waals surface area contributed by atoms with E-state index >= 15 is 0 Å². The van der Waals surface area contributed by atoms with E-state index in [9.17, 15) is 14.5 Å². The van der Waals surface area contributed by atoms with Gasteiger partial charge in [-0.3, -0.25) is 10.1 Å². The van der Waals surface area contributed by atoms with Crippen LogP contribution in [0.15, 0.2) is 36.4 Å². The Balaban J connectivity index is 2.46. The molecule has 19 heavy (non-hydrogen) atoms. The highest BCUT2D eigenvalue weighted by molar-refractivity contribution is 6.33.